The predicted molar refractivity (Wildman–Crippen MR) is 137 cm³/mol. The maximum Gasteiger partial charge on any atom is 0.279 e. The quantitative estimate of drug-likeness (QED) is 0.413. The predicted octanol–water partition coefficient (Wildman–Crippen LogP) is 3.47. The number of nitrogens with zero attached hydrogens (tertiary/aromatic N) is 3. The second-order valence-corrected chi connectivity index (χ2v) is 10.6. The van der Waals surface area contributed by atoms with Gasteiger partial charge in [-0.15, -0.1) is 0 Å². The molecule has 0 bridgehead atoms. The average Bonchev–Trinajstić information content (AvgIpc) is 3.15. The number of benzene rings is 2. The van der Waals surface area contributed by atoms with Gasteiger partial charge in [0.15, 0.2) is 4.80 Å². The number of thiazole rings is 1. The van der Waals surface area contributed by atoms with E-state index in [0.29, 0.717) is 43.3 Å². The van der Waals surface area contributed by atoms with Gasteiger partial charge in [0.25, 0.3) is 5.91 Å². The summed E-state index contributed by atoms with van der Waals surface area (Å²) in [5.74, 6) is -0.646. The van der Waals surface area contributed by atoms with Crippen molar-refractivity contribution in [2.75, 3.05) is 31.6 Å². The summed E-state index contributed by atoms with van der Waals surface area (Å²) in [6.45, 7) is 9.18. The average molecular weight is 519 g/mol. The van der Waals surface area contributed by atoms with Gasteiger partial charge in [0.05, 0.1) is 21.7 Å². The monoisotopic (exact) mass is 518 g/mol. The number of aromatic nitrogens is 1. The van der Waals surface area contributed by atoms with Crippen molar-refractivity contribution in [2.24, 2.45) is 4.99 Å². The minimum atomic E-state index is -3.61. The van der Waals surface area contributed by atoms with Crippen molar-refractivity contribution >= 4 is 49.1 Å². The van der Waals surface area contributed by atoms with Gasteiger partial charge in [0, 0.05) is 44.4 Å². The van der Waals surface area contributed by atoms with E-state index in [1.807, 2.05) is 23.6 Å². The third-order valence-corrected chi connectivity index (χ3v) is 8.41. The third kappa shape index (κ3) is 6.23. The van der Waals surface area contributed by atoms with Gasteiger partial charge in [-0.25, -0.2) is 8.42 Å². The first kappa shape index (κ1) is 26.7. The molecule has 1 heterocycles. The Bertz CT molecular complexity index is 1370. The molecular formula is C24H30N4O5S2. The molecule has 1 aromatic heterocycles. The Morgan fingerprint density at radius 3 is 2.37 bits per heavy atom. The lowest BCUT2D eigenvalue weighted by molar-refractivity contribution is -0.114. The zero-order valence-corrected chi connectivity index (χ0v) is 21.9. The molecule has 35 heavy (non-hydrogen) atoms. The highest BCUT2D eigenvalue weighted by molar-refractivity contribution is 7.89. The minimum Gasteiger partial charge on any atom is -0.380 e. The Morgan fingerprint density at radius 1 is 1.09 bits per heavy atom. The number of nitrogens with one attached hydrogen (secondary N) is 1. The maximum absolute atomic E-state index is 13.0. The Balaban J connectivity index is 1.98. The molecule has 0 aliphatic rings. The molecule has 0 aliphatic heterocycles. The van der Waals surface area contributed by atoms with Crippen LogP contribution in [0.5, 0.6) is 0 Å². The van der Waals surface area contributed by atoms with Crippen LogP contribution in [0.2, 0.25) is 0 Å². The number of amides is 2. The summed E-state index contributed by atoms with van der Waals surface area (Å²) in [7, 11) is -3.61. The molecule has 0 saturated carbocycles. The number of rotatable bonds is 10. The molecule has 0 saturated heterocycles. The van der Waals surface area contributed by atoms with Crippen LogP contribution in [0.1, 0.15) is 38.1 Å². The molecule has 9 nitrogen and oxygen atoms in total. The van der Waals surface area contributed by atoms with Gasteiger partial charge < -0.3 is 14.6 Å². The van der Waals surface area contributed by atoms with E-state index >= 15 is 0 Å². The van der Waals surface area contributed by atoms with E-state index in [0.717, 1.165) is 10.2 Å². The number of hydrogen-bond acceptors (Lipinski definition) is 6. The van der Waals surface area contributed by atoms with E-state index in [9.17, 15) is 18.0 Å². The number of anilines is 1. The molecule has 0 unspecified atom stereocenters. The molecule has 11 heteroatoms. The zero-order chi connectivity index (χ0) is 25.6. The SMILES string of the molecule is CCOCCn1c(=NC(=O)c2ccc(S(=O)(=O)N(CC)CC)cc2)sc2cc(NC(C)=O)ccc21. The van der Waals surface area contributed by atoms with E-state index in [1.54, 1.807) is 19.9 Å². The molecule has 0 aliphatic carbocycles. The Kier molecular flexibility index (Phi) is 8.95. The summed E-state index contributed by atoms with van der Waals surface area (Å²) >= 11 is 1.33. The van der Waals surface area contributed by atoms with E-state index in [-0.39, 0.29) is 16.4 Å². The fraction of sp³-hybridized carbons (Fsp3) is 0.375. The fourth-order valence-corrected chi connectivity index (χ4v) is 6.14. The number of fused-ring (bicyclic) bond motifs is 1. The van der Waals surface area contributed by atoms with Crippen molar-refractivity contribution in [1.29, 1.82) is 0 Å². The maximum atomic E-state index is 13.0. The molecule has 0 radical (unpaired) electrons. The number of carbonyl (C=O) groups is 2. The summed E-state index contributed by atoms with van der Waals surface area (Å²) < 4.78 is 35.0. The molecule has 188 valence electrons. The van der Waals surface area contributed by atoms with Gasteiger partial charge >= 0.3 is 0 Å². The number of hydrogen-bond donors (Lipinski definition) is 1. The van der Waals surface area contributed by atoms with Crippen molar-refractivity contribution in [3.63, 3.8) is 0 Å². The Morgan fingerprint density at radius 2 is 1.77 bits per heavy atom. The van der Waals surface area contributed by atoms with Crippen molar-refractivity contribution in [3.05, 3.63) is 52.8 Å². The van der Waals surface area contributed by atoms with E-state index in [1.165, 1.54) is 46.8 Å². The minimum absolute atomic E-state index is 0.136. The summed E-state index contributed by atoms with van der Waals surface area (Å²) in [4.78, 5) is 29.4. The van der Waals surface area contributed by atoms with Gasteiger partial charge in [-0.2, -0.15) is 9.30 Å². The van der Waals surface area contributed by atoms with Gasteiger partial charge in [0.1, 0.15) is 0 Å². The first-order valence-electron chi connectivity index (χ1n) is 11.4. The highest BCUT2D eigenvalue weighted by Gasteiger charge is 2.21. The van der Waals surface area contributed by atoms with Crippen LogP contribution in [0.25, 0.3) is 10.2 Å². The topological polar surface area (TPSA) is 110 Å². The van der Waals surface area contributed by atoms with Crippen molar-refractivity contribution in [1.82, 2.24) is 8.87 Å². The smallest absolute Gasteiger partial charge is 0.279 e. The molecule has 0 atom stereocenters. The van der Waals surface area contributed by atoms with Crippen LogP contribution in [0.3, 0.4) is 0 Å². The highest BCUT2D eigenvalue weighted by atomic mass is 32.2. The van der Waals surface area contributed by atoms with Crippen LogP contribution in [-0.2, 0) is 26.1 Å². The molecule has 2 amide bonds. The fourth-order valence-electron chi connectivity index (χ4n) is 3.59. The molecule has 1 N–H and O–H groups in total. The molecule has 2 aromatic carbocycles. The molecular weight excluding hydrogens is 488 g/mol. The second-order valence-electron chi connectivity index (χ2n) is 7.63. The van der Waals surface area contributed by atoms with Crippen LogP contribution < -0.4 is 10.1 Å². The number of carbonyl (C=O) groups excluding carboxylic acids is 2. The normalized spacial score (nSPS) is 12.4. The molecule has 0 spiro atoms. The van der Waals surface area contributed by atoms with E-state index in [4.69, 9.17) is 4.74 Å². The van der Waals surface area contributed by atoms with Crippen molar-refractivity contribution < 1.29 is 22.7 Å². The zero-order valence-electron chi connectivity index (χ0n) is 20.3. The first-order chi connectivity index (χ1) is 16.7. The molecule has 3 aromatic rings. The Labute approximate surface area is 209 Å². The summed E-state index contributed by atoms with van der Waals surface area (Å²) in [6.07, 6.45) is 0. The third-order valence-electron chi connectivity index (χ3n) is 5.31. The first-order valence-corrected chi connectivity index (χ1v) is 13.6. The van der Waals surface area contributed by atoms with Crippen LogP contribution in [-0.4, -0.2) is 55.4 Å². The standard InChI is InChI=1S/C24H30N4O5S2/c1-5-27(6-2)35(31,32)20-11-8-18(9-12-20)23(30)26-24-28(14-15-33-7-3)21-13-10-19(25-17(4)29)16-22(21)34-24/h8-13,16H,5-7,14-15H2,1-4H3,(H,25,29). The second kappa shape index (κ2) is 11.7. The van der Waals surface area contributed by atoms with Gasteiger partial charge in [-0.3, -0.25) is 9.59 Å². The molecule has 0 fully saturated rings. The van der Waals surface area contributed by atoms with E-state index < -0.39 is 15.9 Å². The van der Waals surface area contributed by atoms with Crippen LogP contribution in [0.15, 0.2) is 52.4 Å². The van der Waals surface area contributed by atoms with Crippen LogP contribution >= 0.6 is 11.3 Å². The van der Waals surface area contributed by atoms with Gasteiger partial charge in [-0.1, -0.05) is 25.2 Å². The van der Waals surface area contributed by atoms with Crippen molar-refractivity contribution in [2.45, 2.75) is 39.1 Å². The lowest BCUT2D eigenvalue weighted by Gasteiger charge is -2.18. The lowest BCUT2D eigenvalue weighted by atomic mass is 10.2. The molecule has 3 rings (SSSR count). The van der Waals surface area contributed by atoms with Gasteiger partial charge in [-0.05, 0) is 49.4 Å². The summed E-state index contributed by atoms with van der Waals surface area (Å²) in [5, 5.41) is 2.76. The van der Waals surface area contributed by atoms with Crippen molar-refractivity contribution in [3.8, 4) is 0 Å². The van der Waals surface area contributed by atoms with E-state index in [2.05, 4.69) is 10.3 Å². The Hall–Kier alpha value is -2.86. The van der Waals surface area contributed by atoms with Crippen LogP contribution in [0.4, 0.5) is 5.69 Å². The summed E-state index contributed by atoms with van der Waals surface area (Å²) in [5.41, 5.74) is 1.82. The number of ether oxygens (including phenoxy) is 1. The van der Waals surface area contributed by atoms with Gasteiger partial charge in [0.2, 0.25) is 15.9 Å². The largest absolute Gasteiger partial charge is 0.380 e. The lowest BCUT2D eigenvalue weighted by Crippen LogP contribution is -2.30. The van der Waals surface area contributed by atoms with Crippen LogP contribution in [0, 0.1) is 0 Å². The highest BCUT2D eigenvalue weighted by Crippen LogP contribution is 2.22. The number of sulfonamides is 1. The summed E-state index contributed by atoms with van der Waals surface area (Å²) in [6, 6.07) is 11.3.